The Morgan fingerprint density at radius 3 is 2.09 bits per heavy atom. The van der Waals surface area contributed by atoms with E-state index in [0.29, 0.717) is 0 Å². The second-order valence-corrected chi connectivity index (χ2v) is 2.71. The van der Waals surface area contributed by atoms with Crippen molar-refractivity contribution in [3.8, 4) is 0 Å². The molecule has 0 saturated carbocycles. The Balaban J connectivity index is 0. The van der Waals surface area contributed by atoms with Gasteiger partial charge < -0.3 is 10.2 Å². The zero-order valence-corrected chi connectivity index (χ0v) is 6.88. The van der Waals surface area contributed by atoms with E-state index in [1.165, 1.54) is 0 Å². The van der Waals surface area contributed by atoms with Crippen LogP contribution in [0.4, 0.5) is 0 Å². The van der Waals surface area contributed by atoms with E-state index in [0.717, 1.165) is 19.3 Å². The predicted octanol–water partition coefficient (Wildman–Crippen LogP) is 0.250. The summed E-state index contributed by atoms with van der Waals surface area (Å²) in [7, 11) is 0. The second-order valence-electron chi connectivity index (χ2n) is 2.71. The van der Waals surface area contributed by atoms with Gasteiger partial charge in [0.2, 0.25) is 0 Å². The summed E-state index contributed by atoms with van der Waals surface area (Å²) in [5.41, 5.74) is 0. The van der Waals surface area contributed by atoms with Gasteiger partial charge in [-0.25, -0.2) is 0 Å². The summed E-state index contributed by atoms with van der Waals surface area (Å²) in [5.74, 6) is 0.0833. The van der Waals surface area contributed by atoms with Gasteiger partial charge in [0.15, 0.2) is 0 Å². The fourth-order valence-corrected chi connectivity index (χ4v) is 1.05. The minimum absolute atomic E-state index is 0. The van der Waals surface area contributed by atoms with Crippen LogP contribution in [0.1, 0.15) is 33.1 Å². The van der Waals surface area contributed by atoms with E-state index in [4.69, 9.17) is 5.11 Å². The van der Waals surface area contributed by atoms with Crippen molar-refractivity contribution in [3.63, 3.8) is 0 Å². The number of hydrogen-bond acceptors (Lipinski definition) is 2. The van der Waals surface area contributed by atoms with Crippen molar-refractivity contribution in [2.75, 3.05) is 6.61 Å². The van der Waals surface area contributed by atoms with E-state index < -0.39 is 0 Å². The maximum absolute atomic E-state index is 9.35. The summed E-state index contributed by atoms with van der Waals surface area (Å²) in [6, 6.07) is 0. The molecule has 0 radical (unpaired) electrons. The van der Waals surface area contributed by atoms with Crippen molar-refractivity contribution >= 4 is 37.7 Å². The summed E-state index contributed by atoms with van der Waals surface area (Å²) in [6.45, 7) is 4.13. The maximum atomic E-state index is 9.35. The molecule has 11 heavy (non-hydrogen) atoms. The van der Waals surface area contributed by atoms with Gasteiger partial charge in [0.25, 0.3) is 0 Å². The summed E-state index contributed by atoms with van der Waals surface area (Å²) in [6.07, 6.45) is 2.34. The number of aliphatic hydroxyl groups is 2. The van der Waals surface area contributed by atoms with Crippen LogP contribution in [0, 0.1) is 5.92 Å². The van der Waals surface area contributed by atoms with Gasteiger partial charge in [-0.3, -0.25) is 0 Å². The first kappa shape index (κ1) is 14.7. The Kier molecular flexibility index (Phi) is 12.4. The number of aliphatic hydroxyl groups excluding tert-OH is 2. The number of rotatable bonds is 5. The van der Waals surface area contributed by atoms with Gasteiger partial charge in [-0.15, -0.1) is 0 Å². The normalized spacial score (nSPS) is 15.3. The van der Waals surface area contributed by atoms with Crippen LogP contribution in [0.2, 0.25) is 0 Å². The molecule has 2 unspecified atom stereocenters. The number of hydrogen-bond donors (Lipinski definition) is 2. The van der Waals surface area contributed by atoms with Crippen LogP contribution in [-0.2, 0) is 0 Å². The van der Waals surface area contributed by atoms with E-state index >= 15 is 0 Å². The average molecular weight is 188 g/mol. The monoisotopic (exact) mass is 188 g/mol. The van der Waals surface area contributed by atoms with Crippen molar-refractivity contribution < 1.29 is 10.2 Å². The third-order valence-corrected chi connectivity index (χ3v) is 1.89. The first-order chi connectivity index (χ1) is 4.76. The molecule has 0 bridgehead atoms. The standard InChI is InChI=1S/C8H18O2.Ca.2H/c1-3-5-8(10)7(4-2)6-9;;;/h7-10H,3-6H2,1-2H3;;;. The zero-order chi connectivity index (χ0) is 7.98. The third-order valence-electron chi connectivity index (χ3n) is 1.89. The molecule has 2 nitrogen and oxygen atoms in total. The molecular formula is C8H20CaO2. The van der Waals surface area contributed by atoms with Crippen LogP contribution >= 0.6 is 0 Å². The molecule has 0 rings (SSSR count). The van der Waals surface area contributed by atoms with Crippen molar-refractivity contribution in [2.24, 2.45) is 5.92 Å². The molecule has 0 aliphatic carbocycles. The molecule has 0 saturated heterocycles. The quantitative estimate of drug-likeness (QED) is 0.607. The zero-order valence-electron chi connectivity index (χ0n) is 6.88. The van der Waals surface area contributed by atoms with E-state index in [9.17, 15) is 5.11 Å². The van der Waals surface area contributed by atoms with Gasteiger partial charge >= 0.3 is 37.7 Å². The first-order valence-corrected chi connectivity index (χ1v) is 4.05. The van der Waals surface area contributed by atoms with Gasteiger partial charge in [0.05, 0.1) is 6.10 Å². The van der Waals surface area contributed by atoms with Gasteiger partial charge in [0.1, 0.15) is 0 Å². The van der Waals surface area contributed by atoms with Crippen molar-refractivity contribution in [1.29, 1.82) is 0 Å². The van der Waals surface area contributed by atoms with Crippen molar-refractivity contribution in [1.82, 2.24) is 0 Å². The molecule has 2 atom stereocenters. The van der Waals surface area contributed by atoms with Gasteiger partial charge in [-0.2, -0.15) is 0 Å². The van der Waals surface area contributed by atoms with E-state index in [-0.39, 0.29) is 56.4 Å². The van der Waals surface area contributed by atoms with E-state index in [2.05, 4.69) is 0 Å². The van der Waals surface area contributed by atoms with Crippen LogP contribution in [0.3, 0.4) is 0 Å². The van der Waals surface area contributed by atoms with Crippen molar-refractivity contribution in [2.45, 2.75) is 39.2 Å². The van der Waals surface area contributed by atoms with Crippen LogP contribution in [0.5, 0.6) is 0 Å². The molecule has 0 fully saturated rings. The Morgan fingerprint density at radius 2 is 1.82 bits per heavy atom. The predicted molar refractivity (Wildman–Crippen MR) is 50.3 cm³/mol. The Morgan fingerprint density at radius 1 is 1.27 bits per heavy atom. The molecule has 0 aromatic carbocycles. The Labute approximate surface area is 99.0 Å². The summed E-state index contributed by atoms with van der Waals surface area (Å²) in [5, 5.41) is 18.1. The third kappa shape index (κ3) is 6.35. The van der Waals surface area contributed by atoms with Crippen LogP contribution in [0.25, 0.3) is 0 Å². The molecular weight excluding hydrogens is 168 g/mol. The summed E-state index contributed by atoms with van der Waals surface area (Å²) in [4.78, 5) is 0. The van der Waals surface area contributed by atoms with E-state index in [1.807, 2.05) is 13.8 Å². The molecule has 66 valence electrons. The summed E-state index contributed by atoms with van der Waals surface area (Å²) < 4.78 is 0. The van der Waals surface area contributed by atoms with Gasteiger partial charge in [-0.1, -0.05) is 20.3 Å². The van der Waals surface area contributed by atoms with E-state index in [1.54, 1.807) is 0 Å². The SMILES string of the molecule is CCCC(O)C(CC)CO.[CaH2]. The minimum atomic E-state index is -0.306. The Bertz CT molecular complexity index is 74.5. The Hall–Kier alpha value is 1.18. The van der Waals surface area contributed by atoms with Gasteiger partial charge in [0, 0.05) is 12.5 Å². The average Bonchev–Trinajstić information content (AvgIpc) is 1.91. The summed E-state index contributed by atoms with van der Waals surface area (Å²) >= 11 is 0. The molecule has 0 aromatic rings. The molecule has 0 aliphatic rings. The first-order valence-electron chi connectivity index (χ1n) is 4.05. The fourth-order valence-electron chi connectivity index (χ4n) is 1.05. The molecule has 3 heteroatoms. The molecule has 0 aromatic heterocycles. The molecule has 0 amide bonds. The molecule has 0 spiro atoms. The van der Waals surface area contributed by atoms with Crippen LogP contribution in [0.15, 0.2) is 0 Å². The van der Waals surface area contributed by atoms with Crippen molar-refractivity contribution in [3.05, 3.63) is 0 Å². The second kappa shape index (κ2) is 9.27. The van der Waals surface area contributed by atoms with Crippen LogP contribution < -0.4 is 0 Å². The van der Waals surface area contributed by atoms with Crippen LogP contribution in [-0.4, -0.2) is 60.7 Å². The topological polar surface area (TPSA) is 40.5 Å². The van der Waals surface area contributed by atoms with Gasteiger partial charge in [-0.05, 0) is 12.8 Å². The molecule has 2 N–H and O–H groups in total. The molecule has 0 heterocycles. The molecule has 0 aliphatic heterocycles. The fraction of sp³-hybridized carbons (Fsp3) is 1.00.